The van der Waals surface area contributed by atoms with E-state index in [0.29, 0.717) is 0 Å². The van der Waals surface area contributed by atoms with Crippen LogP contribution in [0.3, 0.4) is 0 Å². The lowest BCUT2D eigenvalue weighted by Gasteiger charge is -2.06. The molecule has 0 radical (unpaired) electrons. The van der Waals surface area contributed by atoms with Crippen molar-refractivity contribution in [1.29, 1.82) is 0 Å². The van der Waals surface area contributed by atoms with Crippen molar-refractivity contribution in [3.63, 3.8) is 0 Å². The molecule has 0 heteroatoms. The highest BCUT2D eigenvalue weighted by atomic mass is 14.0. The van der Waals surface area contributed by atoms with Crippen molar-refractivity contribution in [3.05, 3.63) is 24.3 Å². The topological polar surface area (TPSA) is 0 Å². The van der Waals surface area contributed by atoms with Crippen molar-refractivity contribution in [2.45, 2.75) is 64.2 Å². The molecule has 0 aromatic heterocycles. The highest BCUT2D eigenvalue weighted by Gasteiger charge is 1.97. The Morgan fingerprint density at radius 2 is 1.43 bits per heavy atom. The van der Waals surface area contributed by atoms with Crippen molar-refractivity contribution in [3.8, 4) is 0 Å². The molecular weight excluding hydrogens is 168 g/mol. The fourth-order valence-corrected chi connectivity index (χ4v) is 2.11. The maximum absolute atomic E-state index is 3.88. The van der Waals surface area contributed by atoms with E-state index in [4.69, 9.17) is 0 Å². The number of hydrogen-bond donors (Lipinski definition) is 0. The van der Waals surface area contributed by atoms with Gasteiger partial charge in [0.1, 0.15) is 0 Å². The quantitative estimate of drug-likeness (QED) is 0.547. The summed E-state index contributed by atoms with van der Waals surface area (Å²) in [4.78, 5) is 0. The van der Waals surface area contributed by atoms with Gasteiger partial charge >= 0.3 is 0 Å². The molecule has 0 aromatic carbocycles. The smallest absolute Gasteiger partial charge is 0.0282 e. The molecule has 0 amide bonds. The van der Waals surface area contributed by atoms with Gasteiger partial charge in [-0.15, -0.1) is 0 Å². The lowest BCUT2D eigenvalue weighted by Crippen LogP contribution is -1.86. The van der Waals surface area contributed by atoms with Gasteiger partial charge in [-0.1, -0.05) is 62.8 Å². The van der Waals surface area contributed by atoms with E-state index < -0.39 is 0 Å². The summed E-state index contributed by atoms with van der Waals surface area (Å²) < 4.78 is 0. The molecule has 1 aliphatic rings. The fraction of sp³-hybridized carbons (Fsp3) is 0.714. The molecule has 0 heterocycles. The Labute approximate surface area is 89.1 Å². The lowest BCUT2D eigenvalue weighted by atomic mass is 10.0. The molecule has 1 aliphatic carbocycles. The van der Waals surface area contributed by atoms with Gasteiger partial charge in [-0.2, -0.15) is 0 Å². The molecular formula is C14H24. The van der Waals surface area contributed by atoms with E-state index in [2.05, 4.69) is 12.7 Å². The average molecular weight is 192 g/mol. The summed E-state index contributed by atoms with van der Waals surface area (Å²) in [7, 11) is 0. The minimum Gasteiger partial charge on any atom is -0.0988 e. The molecule has 0 aromatic rings. The summed E-state index contributed by atoms with van der Waals surface area (Å²) in [5, 5.41) is 0. The molecule has 0 saturated heterocycles. The molecule has 0 fully saturated rings. The van der Waals surface area contributed by atoms with Crippen LogP contribution in [0.15, 0.2) is 24.3 Å². The van der Waals surface area contributed by atoms with Crippen LogP contribution < -0.4 is 0 Å². The first-order valence-corrected chi connectivity index (χ1v) is 6.25. The van der Waals surface area contributed by atoms with Crippen LogP contribution in [0.2, 0.25) is 0 Å². The minimum absolute atomic E-state index is 1.25. The zero-order chi connectivity index (χ0) is 10.1. The first kappa shape index (κ1) is 11.6. The third-order valence-electron chi connectivity index (χ3n) is 3.09. The molecule has 0 aliphatic heterocycles. The van der Waals surface area contributed by atoms with Crippen molar-refractivity contribution in [2.24, 2.45) is 0 Å². The van der Waals surface area contributed by atoms with Crippen molar-refractivity contribution in [1.82, 2.24) is 0 Å². The van der Waals surface area contributed by atoms with E-state index in [1.807, 2.05) is 6.08 Å². The lowest BCUT2D eigenvalue weighted by molar-refractivity contribution is 0.564. The van der Waals surface area contributed by atoms with Gasteiger partial charge in [-0.05, 0) is 25.7 Å². The molecule has 0 spiro atoms. The van der Waals surface area contributed by atoms with Crippen molar-refractivity contribution < 1.29 is 0 Å². The summed E-state index contributed by atoms with van der Waals surface area (Å²) in [6.45, 7) is 3.88. The Morgan fingerprint density at radius 1 is 0.857 bits per heavy atom. The summed E-state index contributed by atoms with van der Waals surface area (Å²) in [5.41, 5.74) is 1.48. The van der Waals surface area contributed by atoms with Gasteiger partial charge in [0.25, 0.3) is 0 Å². The highest BCUT2D eigenvalue weighted by Crippen LogP contribution is 2.16. The SMILES string of the molecule is C=C/C1=C\CCCCCCCCCC1. The van der Waals surface area contributed by atoms with Crippen LogP contribution in [0.4, 0.5) is 0 Å². The minimum atomic E-state index is 1.25. The van der Waals surface area contributed by atoms with Crippen LogP contribution in [-0.2, 0) is 0 Å². The highest BCUT2D eigenvalue weighted by molar-refractivity contribution is 5.15. The van der Waals surface area contributed by atoms with Crippen LogP contribution in [0.1, 0.15) is 64.2 Å². The predicted molar refractivity (Wildman–Crippen MR) is 64.5 cm³/mol. The van der Waals surface area contributed by atoms with Crippen LogP contribution in [0, 0.1) is 0 Å². The van der Waals surface area contributed by atoms with Gasteiger partial charge in [0.05, 0.1) is 0 Å². The molecule has 1 rings (SSSR count). The first-order valence-electron chi connectivity index (χ1n) is 6.25. The van der Waals surface area contributed by atoms with E-state index in [1.54, 1.807) is 0 Å². The van der Waals surface area contributed by atoms with Gasteiger partial charge in [0.15, 0.2) is 0 Å². The Kier molecular flexibility index (Phi) is 6.47. The second kappa shape index (κ2) is 7.84. The number of allylic oxidation sites excluding steroid dienone is 3. The van der Waals surface area contributed by atoms with E-state index >= 15 is 0 Å². The Morgan fingerprint density at radius 3 is 2.07 bits per heavy atom. The molecule has 80 valence electrons. The maximum Gasteiger partial charge on any atom is -0.0282 e. The van der Waals surface area contributed by atoms with E-state index in [1.165, 1.54) is 69.8 Å². The first-order chi connectivity index (χ1) is 6.93. The Hall–Kier alpha value is -0.520. The summed E-state index contributed by atoms with van der Waals surface area (Å²) in [6.07, 6.45) is 18.3. The van der Waals surface area contributed by atoms with Crippen LogP contribution in [0.25, 0.3) is 0 Å². The molecule has 0 N–H and O–H groups in total. The predicted octanol–water partition coefficient (Wildman–Crippen LogP) is 5.01. The van der Waals surface area contributed by atoms with E-state index in [9.17, 15) is 0 Å². The maximum atomic E-state index is 3.88. The molecule has 14 heavy (non-hydrogen) atoms. The Bertz CT molecular complexity index is 176. The van der Waals surface area contributed by atoms with Crippen LogP contribution in [0.5, 0.6) is 0 Å². The van der Waals surface area contributed by atoms with Crippen molar-refractivity contribution in [2.75, 3.05) is 0 Å². The number of hydrogen-bond acceptors (Lipinski definition) is 0. The second-order valence-electron chi connectivity index (χ2n) is 4.35. The normalized spacial score (nSPS) is 25.3. The van der Waals surface area contributed by atoms with Gasteiger partial charge in [0, 0.05) is 0 Å². The summed E-state index contributed by atoms with van der Waals surface area (Å²) >= 11 is 0. The summed E-state index contributed by atoms with van der Waals surface area (Å²) in [6, 6.07) is 0. The van der Waals surface area contributed by atoms with Gasteiger partial charge in [0.2, 0.25) is 0 Å². The number of rotatable bonds is 1. The largest absolute Gasteiger partial charge is 0.0988 e. The van der Waals surface area contributed by atoms with Gasteiger partial charge in [-0.3, -0.25) is 0 Å². The molecule has 0 bridgehead atoms. The van der Waals surface area contributed by atoms with E-state index in [-0.39, 0.29) is 0 Å². The van der Waals surface area contributed by atoms with Gasteiger partial charge in [-0.25, -0.2) is 0 Å². The molecule has 0 saturated carbocycles. The zero-order valence-electron chi connectivity index (χ0n) is 9.43. The summed E-state index contributed by atoms with van der Waals surface area (Å²) in [5.74, 6) is 0. The monoisotopic (exact) mass is 192 g/mol. The third-order valence-corrected chi connectivity index (χ3v) is 3.09. The molecule has 0 nitrogen and oxygen atoms in total. The third kappa shape index (κ3) is 5.26. The van der Waals surface area contributed by atoms with Crippen molar-refractivity contribution >= 4 is 0 Å². The molecule has 0 unspecified atom stereocenters. The fourth-order valence-electron chi connectivity index (χ4n) is 2.11. The van der Waals surface area contributed by atoms with E-state index in [0.717, 1.165) is 0 Å². The molecule has 0 atom stereocenters. The zero-order valence-corrected chi connectivity index (χ0v) is 9.43. The Balaban J connectivity index is 2.33. The second-order valence-corrected chi connectivity index (χ2v) is 4.35. The van der Waals surface area contributed by atoms with Gasteiger partial charge < -0.3 is 0 Å². The van der Waals surface area contributed by atoms with Crippen LogP contribution >= 0.6 is 0 Å². The standard InChI is InChI=1S/C14H24/c1-2-14-12-10-8-6-4-3-5-7-9-11-13-14/h2,12H,1,3-11,13H2/b14-12+. The average Bonchev–Trinajstić information content (AvgIpc) is 2.19. The van der Waals surface area contributed by atoms with Crippen LogP contribution in [-0.4, -0.2) is 0 Å².